The third-order valence-corrected chi connectivity index (χ3v) is 8.93. The quantitative estimate of drug-likeness (QED) is 0.0201. The Labute approximate surface area is 395 Å². The van der Waals surface area contributed by atoms with Crippen molar-refractivity contribution in [3.05, 3.63) is 194 Å². The first-order chi connectivity index (χ1) is 32.0. The maximum atomic E-state index is 12.8. The summed E-state index contributed by atoms with van der Waals surface area (Å²) in [6.45, 7) is 6.05. The lowest BCUT2D eigenvalue weighted by molar-refractivity contribution is -0.167. The van der Waals surface area contributed by atoms with Crippen molar-refractivity contribution in [2.75, 3.05) is 13.2 Å². The number of unbranched alkanes of at least 4 members (excludes halogenated alkanes) is 7. The van der Waals surface area contributed by atoms with E-state index >= 15 is 0 Å². The van der Waals surface area contributed by atoms with Crippen LogP contribution in [0, 0.1) is 0 Å². The average Bonchev–Trinajstić information content (AvgIpc) is 3.30. The third-order valence-electron chi connectivity index (χ3n) is 8.93. The highest BCUT2D eigenvalue weighted by Crippen LogP contribution is 2.10. The zero-order chi connectivity index (χ0) is 47.2. The van der Waals surface area contributed by atoms with Crippen LogP contribution in [0.2, 0.25) is 0 Å². The molecule has 0 aliphatic rings. The van der Waals surface area contributed by atoms with Gasteiger partial charge >= 0.3 is 17.9 Å². The molecule has 0 rings (SSSR count). The molecule has 0 fully saturated rings. The van der Waals surface area contributed by atoms with E-state index in [4.69, 9.17) is 14.2 Å². The van der Waals surface area contributed by atoms with Crippen molar-refractivity contribution in [2.24, 2.45) is 0 Å². The molecule has 0 aliphatic heterocycles. The molecule has 6 nitrogen and oxygen atoms in total. The predicted molar refractivity (Wildman–Crippen MR) is 278 cm³/mol. The van der Waals surface area contributed by atoms with Gasteiger partial charge in [0.2, 0.25) is 0 Å². The molecular formula is C59H82O6. The number of carbonyl (C=O) groups is 3. The van der Waals surface area contributed by atoms with E-state index in [0.29, 0.717) is 19.3 Å². The summed E-state index contributed by atoms with van der Waals surface area (Å²) in [6, 6.07) is 0. The second kappa shape index (κ2) is 50.9. The number of hydrogen-bond donors (Lipinski definition) is 0. The molecule has 1 unspecified atom stereocenters. The third kappa shape index (κ3) is 49.1. The van der Waals surface area contributed by atoms with E-state index in [2.05, 4.69) is 81.5 Å². The molecule has 0 saturated heterocycles. The zero-order valence-corrected chi connectivity index (χ0v) is 40.1. The lowest BCUT2D eigenvalue weighted by atomic mass is 10.1. The Kier molecular flexibility index (Phi) is 46.4. The van der Waals surface area contributed by atoms with E-state index in [1.807, 2.05) is 134 Å². The van der Waals surface area contributed by atoms with Crippen LogP contribution in [-0.4, -0.2) is 37.2 Å². The van der Waals surface area contributed by atoms with Gasteiger partial charge in [0.05, 0.1) is 0 Å². The lowest BCUT2D eigenvalue weighted by Gasteiger charge is -2.18. The van der Waals surface area contributed by atoms with Crippen LogP contribution < -0.4 is 0 Å². The number of allylic oxidation sites excluding steroid dienone is 32. The van der Waals surface area contributed by atoms with E-state index in [9.17, 15) is 14.4 Å². The molecule has 354 valence electrons. The Balaban J connectivity index is 4.69. The molecule has 0 N–H and O–H groups in total. The molecule has 0 aromatic rings. The fraction of sp³-hybridized carbons (Fsp3) is 0.407. The summed E-state index contributed by atoms with van der Waals surface area (Å²) < 4.78 is 16.6. The van der Waals surface area contributed by atoms with Gasteiger partial charge in [-0.15, -0.1) is 0 Å². The normalized spacial score (nSPS) is 13.8. The van der Waals surface area contributed by atoms with Gasteiger partial charge in [-0.1, -0.05) is 228 Å². The number of ether oxygens (including phenoxy) is 3. The van der Waals surface area contributed by atoms with Crippen molar-refractivity contribution in [1.82, 2.24) is 0 Å². The molecule has 0 saturated carbocycles. The predicted octanol–water partition coefficient (Wildman–Crippen LogP) is 16.0. The summed E-state index contributed by atoms with van der Waals surface area (Å²) in [5, 5.41) is 0. The van der Waals surface area contributed by atoms with Crippen LogP contribution in [0.1, 0.15) is 136 Å². The molecule has 0 aromatic carbocycles. The first-order valence-corrected chi connectivity index (χ1v) is 24.1. The Bertz CT molecular complexity index is 1680. The lowest BCUT2D eigenvalue weighted by Crippen LogP contribution is -2.30. The SMILES string of the molecule is CC\C=C/C=C\C=C/C=C\C=C\C=C/C=C\CCCCCC(=O)OCC(COC(=O)CCC/C=C\C/C=C\C/C=C\CC)OC(=O)CCCCC\C=C/C=C/C=C\C=C/C=C\C=C/CC. The van der Waals surface area contributed by atoms with Gasteiger partial charge in [-0.2, -0.15) is 0 Å². The molecule has 0 radical (unpaired) electrons. The summed E-state index contributed by atoms with van der Waals surface area (Å²) >= 11 is 0. The van der Waals surface area contributed by atoms with Crippen molar-refractivity contribution in [2.45, 2.75) is 142 Å². The highest BCUT2D eigenvalue weighted by atomic mass is 16.6. The molecule has 0 amide bonds. The van der Waals surface area contributed by atoms with E-state index in [-0.39, 0.29) is 44.4 Å². The van der Waals surface area contributed by atoms with Crippen molar-refractivity contribution < 1.29 is 28.6 Å². The van der Waals surface area contributed by atoms with Gasteiger partial charge in [0.25, 0.3) is 0 Å². The van der Waals surface area contributed by atoms with Gasteiger partial charge in [-0.25, -0.2) is 0 Å². The second-order valence-corrected chi connectivity index (χ2v) is 14.9. The number of esters is 3. The summed E-state index contributed by atoms with van der Waals surface area (Å²) in [4.78, 5) is 37.9. The minimum Gasteiger partial charge on any atom is -0.462 e. The number of rotatable bonds is 39. The largest absolute Gasteiger partial charge is 0.462 e. The van der Waals surface area contributed by atoms with Crippen molar-refractivity contribution in [1.29, 1.82) is 0 Å². The van der Waals surface area contributed by atoms with E-state index in [0.717, 1.165) is 77.0 Å². The maximum absolute atomic E-state index is 12.8. The van der Waals surface area contributed by atoms with Gasteiger partial charge in [0.1, 0.15) is 13.2 Å². The first-order valence-electron chi connectivity index (χ1n) is 24.1. The van der Waals surface area contributed by atoms with Crippen LogP contribution >= 0.6 is 0 Å². The standard InChI is InChI=1S/C59H82O6/c1-4-7-10-13-16-19-22-24-26-28-29-31-32-34-37-40-43-46-49-52-58(61)64-55-56(54-63-57(60)51-48-45-42-39-36-21-18-15-12-9-6-3)65-59(62)53-50-47-44-41-38-35-33-30-27-25-23-20-17-14-11-8-5-2/h7-14,16-35,37-39,42,56H,4-6,15,36,40-41,43-55H2,1-3H3/b10-7-,11-8-,12-9-,16-13-,17-14-,21-18-,22-19-,23-20-,26-24-,27-25-,29-28+,32-31-,33-30+,37-34-,38-35-,42-39-. The van der Waals surface area contributed by atoms with Gasteiger partial charge in [0, 0.05) is 19.3 Å². The highest BCUT2D eigenvalue weighted by Gasteiger charge is 2.19. The Morgan fingerprint density at radius 2 is 0.646 bits per heavy atom. The molecule has 0 aliphatic carbocycles. The summed E-state index contributed by atoms with van der Waals surface area (Å²) in [6.07, 6.45) is 78.4. The minimum absolute atomic E-state index is 0.149. The van der Waals surface area contributed by atoms with Crippen LogP contribution in [0.4, 0.5) is 0 Å². The summed E-state index contributed by atoms with van der Waals surface area (Å²) in [7, 11) is 0. The Morgan fingerprint density at radius 1 is 0.323 bits per heavy atom. The monoisotopic (exact) mass is 887 g/mol. The van der Waals surface area contributed by atoms with E-state index in [1.54, 1.807) is 0 Å². The molecule has 65 heavy (non-hydrogen) atoms. The first kappa shape index (κ1) is 59.2. The van der Waals surface area contributed by atoms with Crippen LogP contribution in [0.15, 0.2) is 194 Å². The number of hydrogen-bond acceptors (Lipinski definition) is 6. The van der Waals surface area contributed by atoms with Crippen LogP contribution in [0.3, 0.4) is 0 Å². The summed E-state index contributed by atoms with van der Waals surface area (Å²) in [5.41, 5.74) is 0. The summed E-state index contributed by atoms with van der Waals surface area (Å²) in [5.74, 6) is -1.11. The fourth-order valence-corrected chi connectivity index (χ4v) is 5.42. The van der Waals surface area contributed by atoms with Crippen molar-refractivity contribution in [3.8, 4) is 0 Å². The highest BCUT2D eigenvalue weighted by molar-refractivity contribution is 5.71. The molecule has 0 spiro atoms. The minimum atomic E-state index is -0.853. The Hall–Kier alpha value is -5.75. The van der Waals surface area contributed by atoms with Crippen molar-refractivity contribution in [3.63, 3.8) is 0 Å². The van der Waals surface area contributed by atoms with E-state index in [1.165, 1.54) is 0 Å². The molecular weight excluding hydrogens is 805 g/mol. The average molecular weight is 887 g/mol. The van der Waals surface area contributed by atoms with Crippen LogP contribution in [0.25, 0.3) is 0 Å². The van der Waals surface area contributed by atoms with Gasteiger partial charge in [-0.05, 0) is 83.5 Å². The topological polar surface area (TPSA) is 78.9 Å². The van der Waals surface area contributed by atoms with Gasteiger partial charge in [-0.3, -0.25) is 14.4 Å². The van der Waals surface area contributed by atoms with Crippen LogP contribution in [0.5, 0.6) is 0 Å². The van der Waals surface area contributed by atoms with Crippen LogP contribution in [-0.2, 0) is 28.6 Å². The Morgan fingerprint density at radius 3 is 1.06 bits per heavy atom. The smallest absolute Gasteiger partial charge is 0.306 e. The maximum Gasteiger partial charge on any atom is 0.306 e. The molecule has 0 aromatic heterocycles. The molecule has 0 heterocycles. The second-order valence-electron chi connectivity index (χ2n) is 14.9. The molecule has 0 bridgehead atoms. The fourth-order valence-electron chi connectivity index (χ4n) is 5.42. The van der Waals surface area contributed by atoms with Gasteiger partial charge < -0.3 is 14.2 Å². The van der Waals surface area contributed by atoms with Crippen molar-refractivity contribution >= 4 is 17.9 Å². The zero-order valence-electron chi connectivity index (χ0n) is 40.1. The molecule has 1 atom stereocenters. The number of carbonyl (C=O) groups excluding carboxylic acids is 3. The van der Waals surface area contributed by atoms with E-state index < -0.39 is 12.1 Å². The molecule has 6 heteroatoms. The van der Waals surface area contributed by atoms with Gasteiger partial charge in [0.15, 0.2) is 6.10 Å².